The van der Waals surface area contributed by atoms with Gasteiger partial charge >= 0.3 is 5.97 Å². The smallest absolute Gasteiger partial charge is 0.308 e. The summed E-state index contributed by atoms with van der Waals surface area (Å²) in [6, 6.07) is 5.13. The van der Waals surface area contributed by atoms with E-state index in [4.69, 9.17) is 21.1 Å². The Morgan fingerprint density at radius 3 is 2.89 bits per heavy atom. The molecule has 0 aliphatic carbocycles. The average molecular weight is 288 g/mol. The van der Waals surface area contributed by atoms with Gasteiger partial charge in [0.15, 0.2) is 0 Å². The van der Waals surface area contributed by atoms with Crippen molar-refractivity contribution < 1.29 is 19.4 Å². The maximum absolute atomic E-state index is 11.2. The third kappa shape index (κ3) is 5.36. The van der Waals surface area contributed by atoms with Gasteiger partial charge in [-0.05, 0) is 25.1 Å². The van der Waals surface area contributed by atoms with Gasteiger partial charge in [0.05, 0.1) is 31.9 Å². The number of aliphatic hydroxyl groups is 1. The van der Waals surface area contributed by atoms with Gasteiger partial charge in [-0.2, -0.15) is 0 Å². The van der Waals surface area contributed by atoms with E-state index in [2.05, 4.69) is 5.32 Å². The minimum atomic E-state index is -0.831. The highest BCUT2D eigenvalue weighted by molar-refractivity contribution is 6.30. The zero-order valence-electron chi connectivity index (χ0n) is 11.0. The second-order valence-electron chi connectivity index (χ2n) is 3.89. The van der Waals surface area contributed by atoms with E-state index in [1.807, 2.05) is 0 Å². The molecule has 106 valence electrons. The predicted octanol–water partition coefficient (Wildman–Crippen LogP) is 2.07. The normalized spacial score (nSPS) is 11.8. The number of ether oxygens (including phenoxy) is 2. The van der Waals surface area contributed by atoms with Crippen molar-refractivity contribution in [2.75, 3.05) is 25.6 Å². The molecule has 0 aliphatic heterocycles. The molecular weight excluding hydrogens is 270 g/mol. The van der Waals surface area contributed by atoms with Crippen LogP contribution in [0.5, 0.6) is 5.75 Å². The monoisotopic (exact) mass is 287 g/mol. The van der Waals surface area contributed by atoms with Crippen molar-refractivity contribution in [3.63, 3.8) is 0 Å². The minimum Gasteiger partial charge on any atom is -0.495 e. The van der Waals surface area contributed by atoms with Crippen molar-refractivity contribution in [1.82, 2.24) is 0 Å². The minimum absolute atomic E-state index is 0.0519. The SMILES string of the molecule is CCOC(=O)CC(O)CNc1cc(Cl)ccc1OC. The Hall–Kier alpha value is -1.46. The van der Waals surface area contributed by atoms with Gasteiger partial charge in [0, 0.05) is 11.6 Å². The molecule has 1 rings (SSSR count). The van der Waals surface area contributed by atoms with Crippen molar-refractivity contribution in [1.29, 1.82) is 0 Å². The van der Waals surface area contributed by atoms with Crippen LogP contribution in [0.1, 0.15) is 13.3 Å². The van der Waals surface area contributed by atoms with Gasteiger partial charge in [-0.15, -0.1) is 0 Å². The summed E-state index contributed by atoms with van der Waals surface area (Å²) in [7, 11) is 1.55. The molecule has 1 unspecified atom stereocenters. The Kier molecular flexibility index (Phi) is 6.45. The summed E-state index contributed by atoms with van der Waals surface area (Å²) in [5.41, 5.74) is 0.665. The largest absolute Gasteiger partial charge is 0.495 e. The number of rotatable bonds is 7. The van der Waals surface area contributed by atoms with Gasteiger partial charge in [-0.25, -0.2) is 0 Å². The number of halogens is 1. The number of anilines is 1. The van der Waals surface area contributed by atoms with Crippen LogP contribution in [0.4, 0.5) is 5.69 Å². The molecule has 0 aromatic heterocycles. The van der Waals surface area contributed by atoms with Crippen LogP contribution in [0.2, 0.25) is 5.02 Å². The highest BCUT2D eigenvalue weighted by Crippen LogP contribution is 2.27. The maximum Gasteiger partial charge on any atom is 0.308 e. The van der Waals surface area contributed by atoms with Gasteiger partial charge < -0.3 is 19.9 Å². The molecular formula is C13H18ClNO4. The molecule has 5 nitrogen and oxygen atoms in total. The number of nitrogens with one attached hydrogen (secondary N) is 1. The van der Waals surface area contributed by atoms with Crippen molar-refractivity contribution in [2.24, 2.45) is 0 Å². The first-order chi connectivity index (χ1) is 9.06. The fourth-order valence-electron chi connectivity index (χ4n) is 1.53. The molecule has 0 aliphatic rings. The number of methoxy groups -OCH3 is 1. The van der Waals surface area contributed by atoms with Gasteiger partial charge in [0.2, 0.25) is 0 Å². The van der Waals surface area contributed by atoms with Crippen LogP contribution >= 0.6 is 11.6 Å². The van der Waals surface area contributed by atoms with E-state index in [1.54, 1.807) is 32.2 Å². The maximum atomic E-state index is 11.2. The van der Waals surface area contributed by atoms with Crippen LogP contribution in [0.15, 0.2) is 18.2 Å². The molecule has 0 saturated carbocycles. The summed E-state index contributed by atoms with van der Waals surface area (Å²) in [4.78, 5) is 11.2. The number of aliphatic hydroxyl groups excluding tert-OH is 1. The van der Waals surface area contributed by atoms with E-state index >= 15 is 0 Å². The summed E-state index contributed by atoms with van der Waals surface area (Å²) in [5.74, 6) is 0.197. The number of carbonyl (C=O) groups excluding carboxylic acids is 1. The average Bonchev–Trinajstić information content (AvgIpc) is 2.36. The van der Waals surface area contributed by atoms with Gasteiger partial charge in [0.25, 0.3) is 0 Å². The zero-order chi connectivity index (χ0) is 14.3. The molecule has 0 saturated heterocycles. The molecule has 1 atom stereocenters. The Labute approximate surface area is 117 Å². The first kappa shape index (κ1) is 15.6. The molecule has 0 bridgehead atoms. The van der Waals surface area contributed by atoms with Crippen LogP contribution in [-0.4, -0.2) is 37.4 Å². The second-order valence-corrected chi connectivity index (χ2v) is 4.32. The lowest BCUT2D eigenvalue weighted by Gasteiger charge is -2.14. The lowest BCUT2D eigenvalue weighted by Crippen LogP contribution is -2.24. The van der Waals surface area contributed by atoms with Gasteiger partial charge in [0.1, 0.15) is 5.75 Å². The van der Waals surface area contributed by atoms with E-state index in [0.717, 1.165) is 0 Å². The van der Waals surface area contributed by atoms with Crippen LogP contribution in [-0.2, 0) is 9.53 Å². The summed E-state index contributed by atoms with van der Waals surface area (Å²) < 4.78 is 9.91. The van der Waals surface area contributed by atoms with E-state index in [-0.39, 0.29) is 13.0 Å². The fraction of sp³-hybridized carbons (Fsp3) is 0.462. The Morgan fingerprint density at radius 1 is 1.53 bits per heavy atom. The number of hydrogen-bond donors (Lipinski definition) is 2. The van der Waals surface area contributed by atoms with Crippen molar-refractivity contribution >= 4 is 23.3 Å². The quantitative estimate of drug-likeness (QED) is 0.752. The molecule has 0 spiro atoms. The zero-order valence-corrected chi connectivity index (χ0v) is 11.7. The predicted molar refractivity (Wildman–Crippen MR) is 73.8 cm³/mol. The van der Waals surface area contributed by atoms with Crippen LogP contribution in [0, 0.1) is 0 Å². The third-order valence-electron chi connectivity index (χ3n) is 2.40. The summed E-state index contributed by atoms with van der Waals surface area (Å²) in [6.07, 6.45) is -0.883. The first-order valence-electron chi connectivity index (χ1n) is 5.98. The Morgan fingerprint density at radius 2 is 2.26 bits per heavy atom. The van der Waals surface area contributed by atoms with Crippen molar-refractivity contribution in [3.05, 3.63) is 23.2 Å². The van der Waals surface area contributed by atoms with E-state index in [9.17, 15) is 9.90 Å². The lowest BCUT2D eigenvalue weighted by molar-refractivity contribution is -0.145. The number of hydrogen-bond acceptors (Lipinski definition) is 5. The summed E-state index contributed by atoms with van der Waals surface area (Å²) in [5, 5.41) is 13.2. The molecule has 0 amide bonds. The van der Waals surface area contributed by atoms with Crippen LogP contribution in [0.25, 0.3) is 0 Å². The molecule has 2 N–H and O–H groups in total. The van der Waals surface area contributed by atoms with E-state index < -0.39 is 12.1 Å². The fourth-order valence-corrected chi connectivity index (χ4v) is 1.70. The van der Waals surface area contributed by atoms with E-state index in [0.29, 0.717) is 23.1 Å². The second kappa shape index (κ2) is 7.86. The number of carbonyl (C=O) groups is 1. The van der Waals surface area contributed by atoms with Crippen molar-refractivity contribution in [3.8, 4) is 5.75 Å². The molecule has 6 heteroatoms. The van der Waals surface area contributed by atoms with Gasteiger partial charge in [-0.3, -0.25) is 4.79 Å². The standard InChI is InChI=1S/C13H18ClNO4/c1-3-19-13(17)7-10(16)8-15-11-6-9(14)4-5-12(11)18-2/h4-6,10,15-16H,3,7-8H2,1-2H3. The first-order valence-corrected chi connectivity index (χ1v) is 6.35. The Bertz CT molecular complexity index is 425. The Balaban J connectivity index is 2.52. The summed E-state index contributed by atoms with van der Waals surface area (Å²) in [6.45, 7) is 2.23. The summed E-state index contributed by atoms with van der Waals surface area (Å²) >= 11 is 5.88. The molecule has 0 fully saturated rings. The number of benzene rings is 1. The van der Waals surface area contributed by atoms with E-state index in [1.165, 1.54) is 0 Å². The molecule has 1 aromatic rings. The topological polar surface area (TPSA) is 67.8 Å². The number of esters is 1. The molecule has 0 heterocycles. The van der Waals surface area contributed by atoms with Crippen molar-refractivity contribution in [2.45, 2.75) is 19.4 Å². The highest BCUT2D eigenvalue weighted by Gasteiger charge is 2.12. The molecule has 0 radical (unpaired) electrons. The molecule has 19 heavy (non-hydrogen) atoms. The lowest BCUT2D eigenvalue weighted by atomic mass is 10.2. The molecule has 1 aromatic carbocycles. The van der Waals surface area contributed by atoms with Gasteiger partial charge in [-0.1, -0.05) is 11.6 Å². The third-order valence-corrected chi connectivity index (χ3v) is 2.63. The van der Waals surface area contributed by atoms with Crippen LogP contribution < -0.4 is 10.1 Å². The highest BCUT2D eigenvalue weighted by atomic mass is 35.5. The van der Waals surface area contributed by atoms with Crippen LogP contribution in [0.3, 0.4) is 0 Å².